The Kier molecular flexibility index (Phi) is 5.07. The van der Waals surface area contributed by atoms with Gasteiger partial charge in [-0.1, -0.05) is 42.5 Å². The summed E-state index contributed by atoms with van der Waals surface area (Å²) < 4.78 is 0. The third-order valence-electron chi connectivity index (χ3n) is 3.81. The van der Waals surface area contributed by atoms with Crippen LogP contribution in [0.25, 0.3) is 0 Å². The Hall–Kier alpha value is -3.48. The molecule has 0 spiro atoms. The van der Waals surface area contributed by atoms with Crippen molar-refractivity contribution in [3.8, 4) is 0 Å². The molecule has 3 N–H and O–H groups in total. The van der Waals surface area contributed by atoms with Crippen LogP contribution in [0.1, 0.15) is 40.5 Å². The minimum atomic E-state index is -0.503. The molecule has 1 aromatic heterocycles. The number of ketones is 1. The smallest absolute Gasteiger partial charge is 0.320 e. The average Bonchev–Trinajstić information content (AvgIpc) is 3.06. The van der Waals surface area contributed by atoms with E-state index in [-0.39, 0.29) is 5.78 Å². The van der Waals surface area contributed by atoms with E-state index in [0.717, 1.165) is 5.56 Å². The van der Waals surface area contributed by atoms with Crippen LogP contribution in [0.15, 0.2) is 54.6 Å². The first-order valence-electron chi connectivity index (χ1n) is 8.15. The molecule has 0 bridgehead atoms. The number of anilines is 1. The van der Waals surface area contributed by atoms with Crippen molar-refractivity contribution in [1.29, 1.82) is 0 Å². The lowest BCUT2D eigenvalue weighted by Gasteiger charge is -2.17. The second-order valence-electron chi connectivity index (χ2n) is 5.86. The van der Waals surface area contributed by atoms with Gasteiger partial charge in [0.1, 0.15) is 11.9 Å². The molecule has 2 aromatic carbocycles. The van der Waals surface area contributed by atoms with E-state index in [0.29, 0.717) is 22.9 Å². The quantitative estimate of drug-likeness (QED) is 0.616. The number of amides is 2. The summed E-state index contributed by atoms with van der Waals surface area (Å²) in [5, 5.41) is 12.6. The Morgan fingerprint density at radius 3 is 2.50 bits per heavy atom. The van der Waals surface area contributed by atoms with E-state index in [1.54, 1.807) is 31.2 Å². The number of nitrogens with zero attached hydrogens (tertiary/aromatic N) is 2. The Balaban J connectivity index is 1.80. The maximum absolute atomic E-state index is 12.5. The van der Waals surface area contributed by atoms with Gasteiger partial charge >= 0.3 is 6.03 Å². The van der Waals surface area contributed by atoms with Crippen molar-refractivity contribution in [3.05, 3.63) is 77.4 Å². The molecule has 0 aliphatic carbocycles. The fraction of sp³-hybridized carbons (Fsp3) is 0.158. The van der Waals surface area contributed by atoms with Gasteiger partial charge in [0.2, 0.25) is 0 Å². The summed E-state index contributed by atoms with van der Waals surface area (Å²) in [6.07, 6.45) is 0. The molecule has 0 saturated heterocycles. The monoisotopic (exact) mass is 349 g/mol. The number of aromatic amines is 1. The average molecular weight is 349 g/mol. The van der Waals surface area contributed by atoms with Crippen LogP contribution >= 0.6 is 0 Å². The van der Waals surface area contributed by atoms with Crippen LogP contribution in [0.2, 0.25) is 0 Å². The standard InChI is InChI=1S/C19H19N5O2/c1-12(25)15-9-6-10-16(11-15)21-19(26)22-17(14-7-4-3-5-8-14)18-20-13(2)23-24-18/h3-11,17H,1-2H3,(H,20,23,24)(H2,21,22,26). The summed E-state index contributed by atoms with van der Waals surface area (Å²) in [7, 11) is 0. The van der Waals surface area contributed by atoms with E-state index in [4.69, 9.17) is 0 Å². The maximum Gasteiger partial charge on any atom is 0.320 e. The molecule has 132 valence electrons. The highest BCUT2D eigenvalue weighted by Gasteiger charge is 2.21. The molecule has 1 unspecified atom stereocenters. The lowest BCUT2D eigenvalue weighted by Crippen LogP contribution is -2.33. The van der Waals surface area contributed by atoms with Crippen LogP contribution in [0.5, 0.6) is 0 Å². The first-order valence-corrected chi connectivity index (χ1v) is 8.15. The van der Waals surface area contributed by atoms with E-state index in [1.165, 1.54) is 6.92 Å². The van der Waals surface area contributed by atoms with Crippen LogP contribution in [-0.2, 0) is 0 Å². The van der Waals surface area contributed by atoms with Crippen molar-refractivity contribution in [1.82, 2.24) is 20.5 Å². The molecule has 7 heteroatoms. The van der Waals surface area contributed by atoms with E-state index in [9.17, 15) is 9.59 Å². The van der Waals surface area contributed by atoms with Crippen molar-refractivity contribution < 1.29 is 9.59 Å². The van der Waals surface area contributed by atoms with Crippen molar-refractivity contribution in [2.75, 3.05) is 5.32 Å². The molecule has 26 heavy (non-hydrogen) atoms. The Morgan fingerprint density at radius 2 is 1.85 bits per heavy atom. The molecule has 0 fully saturated rings. The van der Waals surface area contributed by atoms with Gasteiger partial charge in [-0.05, 0) is 31.5 Å². The molecule has 0 aliphatic rings. The van der Waals surface area contributed by atoms with Crippen LogP contribution in [0.3, 0.4) is 0 Å². The number of hydrogen-bond donors (Lipinski definition) is 3. The Labute approximate surface area is 150 Å². The number of hydrogen-bond acceptors (Lipinski definition) is 4. The Morgan fingerprint density at radius 1 is 1.08 bits per heavy atom. The zero-order valence-electron chi connectivity index (χ0n) is 14.5. The fourth-order valence-corrected chi connectivity index (χ4v) is 2.55. The molecule has 0 radical (unpaired) electrons. The first kappa shape index (κ1) is 17.3. The zero-order chi connectivity index (χ0) is 18.5. The number of aromatic nitrogens is 3. The van der Waals surface area contributed by atoms with Crippen LogP contribution < -0.4 is 10.6 Å². The highest BCUT2D eigenvalue weighted by Crippen LogP contribution is 2.19. The summed E-state index contributed by atoms with van der Waals surface area (Å²) >= 11 is 0. The second-order valence-corrected chi connectivity index (χ2v) is 5.86. The van der Waals surface area contributed by atoms with E-state index < -0.39 is 12.1 Å². The summed E-state index contributed by atoms with van der Waals surface area (Å²) in [5.74, 6) is 1.08. The van der Waals surface area contributed by atoms with Gasteiger partial charge in [-0.15, -0.1) is 0 Å². The number of aryl methyl sites for hydroxylation is 1. The molecular formula is C19H19N5O2. The predicted molar refractivity (Wildman–Crippen MR) is 98.0 cm³/mol. The van der Waals surface area contributed by atoms with Crippen molar-refractivity contribution >= 4 is 17.5 Å². The summed E-state index contributed by atoms with van der Waals surface area (Å²) in [4.78, 5) is 28.3. The fourth-order valence-electron chi connectivity index (χ4n) is 2.55. The number of benzene rings is 2. The molecule has 1 atom stereocenters. The predicted octanol–water partition coefficient (Wildman–Crippen LogP) is 3.23. The van der Waals surface area contributed by atoms with Gasteiger partial charge in [-0.25, -0.2) is 9.78 Å². The van der Waals surface area contributed by atoms with Crippen LogP contribution in [0.4, 0.5) is 10.5 Å². The lowest BCUT2D eigenvalue weighted by molar-refractivity contribution is 0.101. The summed E-state index contributed by atoms with van der Waals surface area (Å²) in [6.45, 7) is 3.28. The molecule has 0 saturated carbocycles. The minimum Gasteiger partial charge on any atom is -0.324 e. The zero-order valence-corrected chi connectivity index (χ0v) is 14.5. The summed E-state index contributed by atoms with van der Waals surface area (Å²) in [5.41, 5.74) is 1.93. The highest BCUT2D eigenvalue weighted by molar-refractivity contribution is 5.96. The number of urea groups is 1. The SMILES string of the molecule is CC(=O)c1cccc(NC(=O)NC(c2ccccc2)c2n[nH]c(C)n2)c1. The second kappa shape index (κ2) is 7.60. The molecule has 1 heterocycles. The maximum atomic E-state index is 12.5. The van der Waals surface area contributed by atoms with Gasteiger partial charge in [0.15, 0.2) is 11.6 Å². The minimum absolute atomic E-state index is 0.0626. The topological polar surface area (TPSA) is 99.8 Å². The molecular weight excluding hydrogens is 330 g/mol. The molecule has 3 rings (SSSR count). The Bertz CT molecular complexity index is 920. The van der Waals surface area contributed by atoms with E-state index in [2.05, 4.69) is 25.8 Å². The number of nitrogens with one attached hydrogen (secondary N) is 3. The van der Waals surface area contributed by atoms with Crippen molar-refractivity contribution in [2.24, 2.45) is 0 Å². The highest BCUT2D eigenvalue weighted by atomic mass is 16.2. The molecule has 3 aromatic rings. The largest absolute Gasteiger partial charge is 0.324 e. The number of rotatable bonds is 5. The lowest BCUT2D eigenvalue weighted by atomic mass is 10.1. The molecule has 0 aliphatic heterocycles. The molecule has 2 amide bonds. The number of Topliss-reactive ketones (excluding diaryl/α,β-unsaturated/α-hetero) is 1. The molecule has 7 nitrogen and oxygen atoms in total. The normalized spacial score (nSPS) is 11.6. The third-order valence-corrected chi connectivity index (χ3v) is 3.81. The van der Waals surface area contributed by atoms with E-state index >= 15 is 0 Å². The van der Waals surface area contributed by atoms with Crippen molar-refractivity contribution in [3.63, 3.8) is 0 Å². The van der Waals surface area contributed by atoms with Gasteiger partial charge < -0.3 is 10.6 Å². The third kappa shape index (κ3) is 4.13. The van der Waals surface area contributed by atoms with Crippen LogP contribution in [0, 0.1) is 6.92 Å². The number of carbonyl (C=O) groups excluding carboxylic acids is 2. The number of H-pyrrole nitrogens is 1. The number of carbonyl (C=O) groups is 2. The first-order chi connectivity index (χ1) is 12.5. The van der Waals surface area contributed by atoms with E-state index in [1.807, 2.05) is 30.3 Å². The van der Waals surface area contributed by atoms with Gasteiger partial charge in [0.05, 0.1) is 0 Å². The summed E-state index contributed by atoms with van der Waals surface area (Å²) in [6, 6.07) is 15.3. The van der Waals surface area contributed by atoms with Crippen LogP contribution in [-0.4, -0.2) is 27.0 Å². The van der Waals surface area contributed by atoms with Gasteiger partial charge in [-0.2, -0.15) is 5.10 Å². The van der Waals surface area contributed by atoms with Crippen molar-refractivity contribution in [2.45, 2.75) is 19.9 Å². The van der Waals surface area contributed by atoms with Gasteiger partial charge in [0.25, 0.3) is 0 Å². The van der Waals surface area contributed by atoms with Gasteiger partial charge in [-0.3, -0.25) is 9.89 Å². The van der Waals surface area contributed by atoms with Gasteiger partial charge in [0, 0.05) is 11.3 Å².